The van der Waals surface area contributed by atoms with Crippen LogP contribution in [-0.2, 0) is 10.3 Å². The van der Waals surface area contributed by atoms with Crippen molar-refractivity contribution in [3.8, 4) is 0 Å². The first-order valence-corrected chi connectivity index (χ1v) is 5.12. The summed E-state index contributed by atoms with van der Waals surface area (Å²) in [5.74, 6) is -0.562. The Morgan fingerprint density at radius 2 is 2.19 bits per heavy atom. The van der Waals surface area contributed by atoms with Gasteiger partial charge in [0.25, 0.3) is 0 Å². The highest BCUT2D eigenvalue weighted by Gasteiger charge is 2.22. The van der Waals surface area contributed by atoms with E-state index < -0.39 is 5.97 Å². The number of hydrogen-bond acceptors (Lipinski definition) is 4. The summed E-state index contributed by atoms with van der Waals surface area (Å²) in [7, 11) is 0. The van der Waals surface area contributed by atoms with E-state index in [-0.39, 0.29) is 23.4 Å². The van der Waals surface area contributed by atoms with Gasteiger partial charge in [-0.25, -0.2) is 4.79 Å². The third-order valence-corrected chi connectivity index (χ3v) is 2.03. The molecule has 1 heterocycles. The molecule has 0 aliphatic carbocycles. The van der Waals surface area contributed by atoms with Gasteiger partial charge >= 0.3 is 5.97 Å². The molecule has 1 rings (SSSR count). The fraction of sp³-hybridized carbons (Fsp3) is 0.545. The maximum Gasteiger partial charge on any atom is 0.359 e. The Morgan fingerprint density at radius 3 is 2.62 bits per heavy atom. The first-order chi connectivity index (χ1) is 7.40. The fourth-order valence-corrected chi connectivity index (χ4v) is 1.18. The van der Waals surface area contributed by atoms with Crippen molar-refractivity contribution in [1.82, 2.24) is 9.78 Å². The van der Waals surface area contributed by atoms with Crippen molar-refractivity contribution in [2.75, 3.05) is 6.61 Å². The van der Waals surface area contributed by atoms with E-state index in [0.717, 1.165) is 0 Å². The highest BCUT2D eigenvalue weighted by Crippen LogP contribution is 2.16. The van der Waals surface area contributed by atoms with Gasteiger partial charge in [-0.05, 0) is 27.7 Å². The minimum atomic E-state index is -0.562. The normalized spacial score (nSPS) is 11.2. The molecule has 0 atom stereocenters. The molecule has 0 saturated carbocycles. The smallest absolute Gasteiger partial charge is 0.359 e. The molecular formula is C11H16N2O3. The van der Waals surface area contributed by atoms with Gasteiger partial charge in [0.1, 0.15) is 0 Å². The lowest BCUT2D eigenvalue weighted by molar-refractivity contribution is 0.0515. The van der Waals surface area contributed by atoms with E-state index in [1.54, 1.807) is 17.8 Å². The number of aromatic nitrogens is 2. The first-order valence-electron chi connectivity index (χ1n) is 5.12. The summed E-state index contributed by atoms with van der Waals surface area (Å²) >= 11 is 0. The molecule has 0 aromatic carbocycles. The standard InChI is InChI=1S/C11H16N2O3/c1-5-16-10(15)9-8(7-14)6-13(12-9)11(2,3)4/h6-7H,5H2,1-4H3. The molecule has 16 heavy (non-hydrogen) atoms. The van der Waals surface area contributed by atoms with E-state index in [9.17, 15) is 9.59 Å². The molecule has 0 fully saturated rings. The number of carbonyl (C=O) groups excluding carboxylic acids is 2. The predicted octanol–water partition coefficient (Wildman–Crippen LogP) is 1.63. The van der Waals surface area contributed by atoms with Crippen LogP contribution in [0.15, 0.2) is 6.20 Å². The molecule has 1 aromatic rings. The molecule has 0 N–H and O–H groups in total. The molecule has 0 aliphatic heterocycles. The van der Waals surface area contributed by atoms with Gasteiger partial charge in [-0.3, -0.25) is 9.48 Å². The van der Waals surface area contributed by atoms with E-state index >= 15 is 0 Å². The lowest BCUT2D eigenvalue weighted by Gasteiger charge is -2.18. The summed E-state index contributed by atoms with van der Waals surface area (Å²) in [6.07, 6.45) is 2.17. The minimum absolute atomic E-state index is 0.0757. The predicted molar refractivity (Wildman–Crippen MR) is 58.6 cm³/mol. The number of hydrogen-bond donors (Lipinski definition) is 0. The second-order valence-electron chi connectivity index (χ2n) is 4.39. The number of esters is 1. The highest BCUT2D eigenvalue weighted by molar-refractivity contribution is 5.96. The van der Waals surface area contributed by atoms with Gasteiger partial charge < -0.3 is 4.74 Å². The molecule has 0 amide bonds. The van der Waals surface area contributed by atoms with E-state index in [1.807, 2.05) is 20.8 Å². The monoisotopic (exact) mass is 224 g/mol. The van der Waals surface area contributed by atoms with E-state index in [0.29, 0.717) is 6.29 Å². The van der Waals surface area contributed by atoms with Crippen LogP contribution in [0.25, 0.3) is 0 Å². The molecule has 1 aromatic heterocycles. The molecule has 5 nitrogen and oxygen atoms in total. The average molecular weight is 224 g/mol. The van der Waals surface area contributed by atoms with Crippen molar-refractivity contribution >= 4 is 12.3 Å². The van der Waals surface area contributed by atoms with Crippen LogP contribution in [0.4, 0.5) is 0 Å². The zero-order valence-electron chi connectivity index (χ0n) is 9.98. The van der Waals surface area contributed by atoms with Crippen molar-refractivity contribution in [1.29, 1.82) is 0 Å². The van der Waals surface area contributed by atoms with Gasteiger partial charge in [0, 0.05) is 6.20 Å². The van der Waals surface area contributed by atoms with Crippen molar-refractivity contribution in [3.63, 3.8) is 0 Å². The average Bonchev–Trinajstić information content (AvgIpc) is 2.61. The van der Waals surface area contributed by atoms with Crippen LogP contribution in [0.5, 0.6) is 0 Å². The summed E-state index contributed by atoms with van der Waals surface area (Å²) in [5, 5.41) is 4.08. The fourth-order valence-electron chi connectivity index (χ4n) is 1.18. The second kappa shape index (κ2) is 4.47. The molecular weight excluding hydrogens is 208 g/mol. The van der Waals surface area contributed by atoms with Crippen LogP contribution in [0.1, 0.15) is 48.5 Å². The van der Waals surface area contributed by atoms with E-state index in [4.69, 9.17) is 4.74 Å². The molecule has 0 radical (unpaired) electrons. The van der Waals surface area contributed by atoms with Crippen molar-refractivity contribution in [3.05, 3.63) is 17.5 Å². The summed E-state index contributed by atoms with van der Waals surface area (Å²) in [6.45, 7) is 7.77. The molecule has 88 valence electrons. The van der Waals surface area contributed by atoms with Gasteiger partial charge in [-0.15, -0.1) is 0 Å². The molecule has 5 heteroatoms. The Balaban J connectivity index is 3.14. The third-order valence-electron chi connectivity index (χ3n) is 2.03. The van der Waals surface area contributed by atoms with Crippen LogP contribution < -0.4 is 0 Å². The molecule has 0 unspecified atom stereocenters. The maximum atomic E-state index is 11.5. The number of rotatable bonds is 3. The van der Waals surface area contributed by atoms with Crippen molar-refractivity contribution in [2.24, 2.45) is 0 Å². The highest BCUT2D eigenvalue weighted by atomic mass is 16.5. The zero-order valence-corrected chi connectivity index (χ0v) is 9.98. The second-order valence-corrected chi connectivity index (χ2v) is 4.39. The minimum Gasteiger partial charge on any atom is -0.461 e. The topological polar surface area (TPSA) is 61.2 Å². The Morgan fingerprint density at radius 1 is 1.56 bits per heavy atom. The summed E-state index contributed by atoms with van der Waals surface area (Å²) in [5.41, 5.74) is 0.0582. The number of carbonyl (C=O) groups is 2. The molecule has 0 spiro atoms. The van der Waals surface area contributed by atoms with Crippen molar-refractivity contribution < 1.29 is 14.3 Å². The lowest BCUT2D eigenvalue weighted by atomic mass is 10.1. The van der Waals surface area contributed by atoms with Gasteiger partial charge in [0.05, 0.1) is 17.7 Å². The summed E-state index contributed by atoms with van der Waals surface area (Å²) in [6, 6.07) is 0. The largest absolute Gasteiger partial charge is 0.461 e. The Hall–Kier alpha value is -1.65. The van der Waals surface area contributed by atoms with E-state index in [2.05, 4.69) is 5.10 Å². The van der Waals surface area contributed by atoms with E-state index in [1.165, 1.54) is 0 Å². The summed E-state index contributed by atoms with van der Waals surface area (Å²) < 4.78 is 6.41. The van der Waals surface area contributed by atoms with Crippen LogP contribution in [0.3, 0.4) is 0 Å². The SMILES string of the molecule is CCOC(=O)c1nn(C(C)(C)C)cc1C=O. The van der Waals surface area contributed by atoms with Gasteiger partial charge in [-0.1, -0.05) is 0 Å². The lowest BCUT2D eigenvalue weighted by Crippen LogP contribution is -2.22. The third kappa shape index (κ3) is 2.48. The van der Waals surface area contributed by atoms with Gasteiger partial charge in [0.15, 0.2) is 12.0 Å². The number of ether oxygens (including phenoxy) is 1. The summed E-state index contributed by atoms with van der Waals surface area (Å²) in [4.78, 5) is 22.3. The Labute approximate surface area is 94.4 Å². The van der Waals surface area contributed by atoms with Gasteiger partial charge in [0.2, 0.25) is 0 Å². The van der Waals surface area contributed by atoms with Gasteiger partial charge in [-0.2, -0.15) is 5.10 Å². The van der Waals surface area contributed by atoms with Crippen LogP contribution in [0, 0.1) is 0 Å². The quantitative estimate of drug-likeness (QED) is 0.578. The Bertz CT molecular complexity index is 402. The molecule has 0 bridgehead atoms. The first kappa shape index (κ1) is 12.4. The zero-order chi connectivity index (χ0) is 12.3. The van der Waals surface area contributed by atoms with Crippen LogP contribution in [-0.4, -0.2) is 28.6 Å². The number of nitrogens with zero attached hydrogens (tertiary/aromatic N) is 2. The van der Waals surface area contributed by atoms with Crippen LogP contribution >= 0.6 is 0 Å². The van der Waals surface area contributed by atoms with Crippen molar-refractivity contribution in [2.45, 2.75) is 33.2 Å². The number of aldehydes is 1. The molecule has 0 aliphatic rings. The Kier molecular flexibility index (Phi) is 3.47. The maximum absolute atomic E-state index is 11.5. The molecule has 0 saturated heterocycles. The van der Waals surface area contributed by atoms with Crippen LogP contribution in [0.2, 0.25) is 0 Å².